The molecule has 0 bridgehead atoms. The Morgan fingerprint density at radius 2 is 1.72 bits per heavy atom. The van der Waals surface area contributed by atoms with E-state index in [4.69, 9.17) is 23.2 Å². The quantitative estimate of drug-likeness (QED) is 0.811. The Balaban J connectivity index is 2.72. The van der Waals surface area contributed by atoms with Crippen LogP contribution in [0.4, 0.5) is 0 Å². The largest absolute Gasteiger partial charge is 0.276 e. The molecule has 0 saturated heterocycles. The van der Waals surface area contributed by atoms with Crippen molar-refractivity contribution in [2.45, 2.75) is 0 Å². The summed E-state index contributed by atoms with van der Waals surface area (Å²) in [7, 11) is 0. The lowest BCUT2D eigenvalue weighted by atomic mass is 10.1. The van der Waals surface area contributed by atoms with Gasteiger partial charge in [-0.05, 0) is 41.4 Å². The monoisotopic (exact) mass is 280 g/mol. The molecule has 0 unspecified atom stereocenters. The first-order valence-electron chi connectivity index (χ1n) is 4.91. The Labute approximate surface area is 113 Å². The Bertz CT molecular complexity index is 615. The van der Waals surface area contributed by atoms with E-state index in [0.29, 0.717) is 5.69 Å². The fourth-order valence-electron chi connectivity index (χ4n) is 1.52. The van der Waals surface area contributed by atoms with Crippen molar-refractivity contribution in [1.82, 2.24) is 9.97 Å². The van der Waals surface area contributed by atoms with E-state index in [-0.39, 0.29) is 16.8 Å². The standard InChI is InChI=1S/C12H6Cl2N2O2/c13-11(17)7-4-6-16-10(9(7)12(14)18)8-3-1-2-5-15-8/h1-6H. The number of rotatable bonds is 3. The van der Waals surface area contributed by atoms with Crippen LogP contribution in [-0.2, 0) is 0 Å². The van der Waals surface area contributed by atoms with Crippen molar-refractivity contribution in [3.63, 3.8) is 0 Å². The number of halogens is 2. The Hall–Kier alpha value is -1.78. The maximum atomic E-state index is 11.5. The lowest BCUT2D eigenvalue weighted by molar-refractivity contribution is 0.105. The Morgan fingerprint density at radius 3 is 2.28 bits per heavy atom. The lowest BCUT2D eigenvalue weighted by Crippen LogP contribution is -2.05. The first-order valence-corrected chi connectivity index (χ1v) is 5.67. The summed E-state index contributed by atoms with van der Waals surface area (Å²) in [4.78, 5) is 30.8. The third-order valence-electron chi connectivity index (χ3n) is 2.27. The van der Waals surface area contributed by atoms with Crippen molar-refractivity contribution in [1.29, 1.82) is 0 Å². The van der Waals surface area contributed by atoms with Crippen LogP contribution in [0.15, 0.2) is 36.7 Å². The van der Waals surface area contributed by atoms with Crippen LogP contribution in [0.5, 0.6) is 0 Å². The molecule has 0 aromatic carbocycles. The number of hydrogen-bond acceptors (Lipinski definition) is 4. The highest BCUT2D eigenvalue weighted by Crippen LogP contribution is 2.24. The zero-order valence-corrected chi connectivity index (χ0v) is 10.4. The first kappa shape index (κ1) is 12.7. The summed E-state index contributed by atoms with van der Waals surface area (Å²) >= 11 is 10.9. The van der Waals surface area contributed by atoms with Crippen molar-refractivity contribution in [3.05, 3.63) is 47.8 Å². The third-order valence-corrected chi connectivity index (χ3v) is 2.66. The van der Waals surface area contributed by atoms with Crippen LogP contribution < -0.4 is 0 Å². The van der Waals surface area contributed by atoms with E-state index in [1.54, 1.807) is 24.4 Å². The van der Waals surface area contributed by atoms with Crippen LogP contribution in [0, 0.1) is 0 Å². The predicted octanol–water partition coefficient (Wildman–Crippen LogP) is 2.90. The Kier molecular flexibility index (Phi) is 3.69. The molecule has 0 amide bonds. The molecule has 0 aliphatic carbocycles. The van der Waals surface area contributed by atoms with Crippen LogP contribution in [0.3, 0.4) is 0 Å². The van der Waals surface area contributed by atoms with E-state index in [1.165, 1.54) is 12.3 Å². The molecule has 18 heavy (non-hydrogen) atoms. The number of carbonyl (C=O) groups is 2. The van der Waals surface area contributed by atoms with Gasteiger partial charge in [-0.25, -0.2) is 0 Å². The number of carbonyl (C=O) groups excluding carboxylic acids is 2. The van der Waals surface area contributed by atoms with E-state index in [9.17, 15) is 9.59 Å². The van der Waals surface area contributed by atoms with Gasteiger partial charge in [-0.2, -0.15) is 0 Å². The molecule has 6 heteroatoms. The summed E-state index contributed by atoms with van der Waals surface area (Å²) in [6.45, 7) is 0. The summed E-state index contributed by atoms with van der Waals surface area (Å²) in [6, 6.07) is 6.47. The fraction of sp³-hybridized carbons (Fsp3) is 0. The van der Waals surface area contributed by atoms with E-state index in [0.717, 1.165) is 0 Å². The number of hydrogen-bond donors (Lipinski definition) is 0. The van der Waals surface area contributed by atoms with Gasteiger partial charge >= 0.3 is 0 Å². The summed E-state index contributed by atoms with van der Waals surface area (Å²) in [6.07, 6.45) is 2.93. The second kappa shape index (κ2) is 5.25. The van der Waals surface area contributed by atoms with E-state index < -0.39 is 10.5 Å². The van der Waals surface area contributed by atoms with Crippen molar-refractivity contribution in [3.8, 4) is 11.4 Å². The summed E-state index contributed by atoms with van der Waals surface area (Å²) < 4.78 is 0. The lowest BCUT2D eigenvalue weighted by Gasteiger charge is -2.07. The summed E-state index contributed by atoms with van der Waals surface area (Å²) in [5.41, 5.74) is 0.675. The van der Waals surface area contributed by atoms with Gasteiger partial charge in [-0.15, -0.1) is 0 Å². The molecule has 0 saturated carbocycles. The molecule has 0 fully saturated rings. The van der Waals surface area contributed by atoms with Crippen molar-refractivity contribution < 1.29 is 9.59 Å². The van der Waals surface area contributed by atoms with Crippen LogP contribution in [-0.4, -0.2) is 20.5 Å². The minimum absolute atomic E-state index is 0.0207. The molecule has 2 heterocycles. The summed E-state index contributed by atoms with van der Waals surface area (Å²) in [5, 5.41) is -1.56. The normalized spacial score (nSPS) is 10.1. The number of nitrogens with zero attached hydrogens (tertiary/aromatic N) is 2. The van der Waals surface area contributed by atoms with Crippen LogP contribution >= 0.6 is 23.2 Å². The zero-order valence-electron chi connectivity index (χ0n) is 8.93. The SMILES string of the molecule is O=C(Cl)c1ccnc(-c2ccccn2)c1C(=O)Cl. The van der Waals surface area contributed by atoms with Gasteiger partial charge in [0.1, 0.15) is 5.69 Å². The van der Waals surface area contributed by atoms with Crippen molar-refractivity contribution in [2.75, 3.05) is 0 Å². The van der Waals surface area contributed by atoms with Gasteiger partial charge in [0.05, 0.1) is 11.3 Å². The van der Waals surface area contributed by atoms with Crippen LogP contribution in [0.2, 0.25) is 0 Å². The molecule has 4 nitrogen and oxygen atoms in total. The average molecular weight is 281 g/mol. The van der Waals surface area contributed by atoms with E-state index >= 15 is 0 Å². The highest BCUT2D eigenvalue weighted by molar-refractivity contribution is 6.72. The highest BCUT2D eigenvalue weighted by atomic mass is 35.5. The minimum Gasteiger partial charge on any atom is -0.276 e. The Morgan fingerprint density at radius 1 is 0.944 bits per heavy atom. The zero-order chi connectivity index (χ0) is 13.1. The third kappa shape index (κ3) is 2.39. The minimum atomic E-state index is -0.798. The van der Waals surface area contributed by atoms with Crippen molar-refractivity contribution in [2.24, 2.45) is 0 Å². The van der Waals surface area contributed by atoms with Gasteiger partial charge in [0.2, 0.25) is 0 Å². The smallest absolute Gasteiger partial charge is 0.255 e. The first-order chi connectivity index (χ1) is 8.61. The van der Waals surface area contributed by atoms with Gasteiger partial charge in [-0.1, -0.05) is 6.07 Å². The number of aromatic nitrogens is 2. The molecule has 90 valence electrons. The molecule has 0 spiro atoms. The number of pyridine rings is 2. The van der Waals surface area contributed by atoms with Crippen molar-refractivity contribution >= 4 is 33.7 Å². The molecule has 0 radical (unpaired) electrons. The second-order valence-corrected chi connectivity index (χ2v) is 4.03. The van der Waals surface area contributed by atoms with Gasteiger partial charge < -0.3 is 0 Å². The van der Waals surface area contributed by atoms with Gasteiger partial charge in [0, 0.05) is 18.0 Å². The summed E-state index contributed by atoms with van der Waals surface area (Å²) in [5.74, 6) is 0. The molecular formula is C12H6Cl2N2O2. The molecule has 0 atom stereocenters. The maximum absolute atomic E-state index is 11.5. The fourth-order valence-corrected chi connectivity index (χ4v) is 1.87. The molecule has 2 aromatic heterocycles. The molecule has 2 aromatic rings. The topological polar surface area (TPSA) is 59.9 Å². The maximum Gasteiger partial charge on any atom is 0.255 e. The van der Waals surface area contributed by atoms with Gasteiger partial charge in [-0.3, -0.25) is 19.6 Å². The van der Waals surface area contributed by atoms with Crippen LogP contribution in [0.1, 0.15) is 20.7 Å². The highest BCUT2D eigenvalue weighted by Gasteiger charge is 2.20. The van der Waals surface area contributed by atoms with Crippen LogP contribution in [0.25, 0.3) is 11.4 Å². The van der Waals surface area contributed by atoms with E-state index in [1.807, 2.05) is 0 Å². The second-order valence-electron chi connectivity index (χ2n) is 3.34. The molecular weight excluding hydrogens is 275 g/mol. The molecule has 0 aliphatic rings. The van der Waals surface area contributed by atoms with E-state index in [2.05, 4.69) is 9.97 Å². The predicted molar refractivity (Wildman–Crippen MR) is 67.8 cm³/mol. The van der Waals surface area contributed by atoms with Gasteiger partial charge in [0.25, 0.3) is 10.5 Å². The van der Waals surface area contributed by atoms with Gasteiger partial charge in [0.15, 0.2) is 0 Å². The molecule has 0 N–H and O–H groups in total. The molecule has 2 rings (SSSR count). The molecule has 0 aliphatic heterocycles. The average Bonchev–Trinajstić information content (AvgIpc) is 2.38.